The lowest BCUT2D eigenvalue weighted by atomic mass is 10.0. The molecule has 0 bridgehead atoms. The minimum atomic E-state index is 0.276. The number of aromatic nitrogens is 2. The third kappa shape index (κ3) is 2.35. The molecule has 0 radical (unpaired) electrons. The Hall–Kier alpha value is -0.830. The zero-order valence-electron chi connectivity index (χ0n) is 6.75. The van der Waals surface area contributed by atoms with Gasteiger partial charge in [-0.25, -0.2) is 4.98 Å². The molecule has 0 aliphatic carbocycles. The predicted octanol–water partition coefficient (Wildman–Crippen LogP) is 1.29. The zero-order chi connectivity index (χ0) is 8.10. The number of imidazole rings is 1. The summed E-state index contributed by atoms with van der Waals surface area (Å²) in [5.74, 6) is 0.477. The molecule has 0 spiro atoms. The maximum absolute atomic E-state index is 8.59. The Balaban J connectivity index is 2.36. The maximum Gasteiger partial charge on any atom is 0.0921 e. The van der Waals surface area contributed by atoms with Crippen molar-refractivity contribution in [2.45, 2.75) is 25.7 Å². The highest BCUT2D eigenvalue weighted by atomic mass is 16.2. The van der Waals surface area contributed by atoms with Crippen LogP contribution in [0.25, 0.3) is 0 Å². The first kappa shape index (κ1) is 8.27. The Labute approximate surface area is 66.5 Å². The van der Waals surface area contributed by atoms with E-state index in [0.717, 1.165) is 18.5 Å². The molecular formula is C8H14N2O. The first-order valence-electron chi connectivity index (χ1n) is 3.93. The Morgan fingerprint density at radius 3 is 3.09 bits per heavy atom. The van der Waals surface area contributed by atoms with Crippen LogP contribution >= 0.6 is 0 Å². The number of H-pyrrole nitrogens is 1. The second-order valence-corrected chi connectivity index (χ2v) is 2.77. The highest BCUT2D eigenvalue weighted by Crippen LogP contribution is 2.16. The van der Waals surface area contributed by atoms with Crippen molar-refractivity contribution >= 4 is 0 Å². The van der Waals surface area contributed by atoms with E-state index in [1.54, 1.807) is 6.33 Å². The fraction of sp³-hybridized carbons (Fsp3) is 0.625. The second kappa shape index (κ2) is 4.13. The van der Waals surface area contributed by atoms with E-state index in [9.17, 15) is 0 Å². The third-order valence-electron chi connectivity index (χ3n) is 1.85. The standard InChI is InChI=1S/C8H14N2O/c1-7(3-2-4-11)8-5-9-6-10-8/h5-7,11H,2-4H2,1H3,(H,9,10). The minimum absolute atomic E-state index is 0.276. The molecule has 0 saturated heterocycles. The van der Waals surface area contributed by atoms with Gasteiger partial charge in [-0.2, -0.15) is 0 Å². The van der Waals surface area contributed by atoms with Crippen molar-refractivity contribution in [3.8, 4) is 0 Å². The van der Waals surface area contributed by atoms with Gasteiger partial charge in [0.25, 0.3) is 0 Å². The SMILES string of the molecule is CC(CCCO)c1cnc[nH]1. The molecule has 1 aromatic rings. The Morgan fingerprint density at radius 2 is 2.55 bits per heavy atom. The molecule has 2 N–H and O–H groups in total. The quantitative estimate of drug-likeness (QED) is 0.686. The van der Waals surface area contributed by atoms with Gasteiger partial charge in [0.1, 0.15) is 0 Å². The molecule has 11 heavy (non-hydrogen) atoms. The molecule has 3 heteroatoms. The molecule has 1 rings (SSSR count). The lowest BCUT2D eigenvalue weighted by molar-refractivity contribution is 0.280. The number of hydrogen-bond acceptors (Lipinski definition) is 2. The first-order valence-corrected chi connectivity index (χ1v) is 3.93. The van der Waals surface area contributed by atoms with E-state index in [1.165, 1.54) is 0 Å². The number of rotatable bonds is 4. The van der Waals surface area contributed by atoms with Crippen molar-refractivity contribution < 1.29 is 5.11 Å². The molecule has 1 heterocycles. The average Bonchev–Trinajstić information content (AvgIpc) is 2.52. The van der Waals surface area contributed by atoms with Gasteiger partial charge < -0.3 is 10.1 Å². The van der Waals surface area contributed by atoms with Crippen LogP contribution in [-0.4, -0.2) is 21.7 Å². The van der Waals surface area contributed by atoms with Crippen LogP contribution in [0, 0.1) is 0 Å². The van der Waals surface area contributed by atoms with Gasteiger partial charge in [-0.1, -0.05) is 6.92 Å². The van der Waals surface area contributed by atoms with Crippen LogP contribution in [0.2, 0.25) is 0 Å². The molecule has 3 nitrogen and oxygen atoms in total. The summed E-state index contributed by atoms with van der Waals surface area (Å²) in [5, 5.41) is 8.59. The van der Waals surface area contributed by atoms with Crippen molar-refractivity contribution in [1.29, 1.82) is 0 Å². The fourth-order valence-electron chi connectivity index (χ4n) is 1.09. The molecule has 0 aliphatic rings. The van der Waals surface area contributed by atoms with E-state index in [-0.39, 0.29) is 6.61 Å². The molecule has 0 aliphatic heterocycles. The van der Waals surface area contributed by atoms with E-state index >= 15 is 0 Å². The van der Waals surface area contributed by atoms with E-state index in [2.05, 4.69) is 16.9 Å². The highest BCUT2D eigenvalue weighted by Gasteiger charge is 2.04. The van der Waals surface area contributed by atoms with E-state index in [4.69, 9.17) is 5.11 Å². The summed E-state index contributed by atoms with van der Waals surface area (Å²) in [6.07, 6.45) is 5.39. The van der Waals surface area contributed by atoms with Crippen molar-refractivity contribution in [2.75, 3.05) is 6.61 Å². The van der Waals surface area contributed by atoms with Gasteiger partial charge in [-0.05, 0) is 18.8 Å². The number of hydrogen-bond donors (Lipinski definition) is 2. The van der Waals surface area contributed by atoms with Crippen molar-refractivity contribution in [1.82, 2.24) is 9.97 Å². The number of aliphatic hydroxyl groups is 1. The molecule has 0 fully saturated rings. The van der Waals surface area contributed by atoms with Crippen LogP contribution < -0.4 is 0 Å². The topological polar surface area (TPSA) is 48.9 Å². The molecular weight excluding hydrogens is 140 g/mol. The molecule has 0 amide bonds. The largest absolute Gasteiger partial charge is 0.396 e. The third-order valence-corrected chi connectivity index (χ3v) is 1.85. The summed E-state index contributed by atoms with van der Waals surface area (Å²) >= 11 is 0. The number of aromatic amines is 1. The average molecular weight is 154 g/mol. The summed E-state index contributed by atoms with van der Waals surface area (Å²) < 4.78 is 0. The van der Waals surface area contributed by atoms with Crippen LogP contribution in [-0.2, 0) is 0 Å². The lowest BCUT2D eigenvalue weighted by Crippen LogP contribution is -1.95. The number of nitrogens with one attached hydrogen (secondary N) is 1. The lowest BCUT2D eigenvalue weighted by Gasteiger charge is -2.06. The van der Waals surface area contributed by atoms with Crippen molar-refractivity contribution in [2.24, 2.45) is 0 Å². The molecule has 0 aromatic carbocycles. The second-order valence-electron chi connectivity index (χ2n) is 2.77. The van der Waals surface area contributed by atoms with Gasteiger partial charge >= 0.3 is 0 Å². The van der Waals surface area contributed by atoms with Gasteiger partial charge in [0, 0.05) is 18.5 Å². The van der Waals surface area contributed by atoms with Gasteiger partial charge in [-0.3, -0.25) is 0 Å². The van der Waals surface area contributed by atoms with Crippen LogP contribution in [0.3, 0.4) is 0 Å². The zero-order valence-corrected chi connectivity index (χ0v) is 6.75. The molecule has 0 saturated carbocycles. The van der Waals surface area contributed by atoms with Gasteiger partial charge in [0.15, 0.2) is 0 Å². The van der Waals surface area contributed by atoms with Crippen molar-refractivity contribution in [3.63, 3.8) is 0 Å². The predicted molar refractivity (Wildman–Crippen MR) is 43.3 cm³/mol. The van der Waals surface area contributed by atoms with Crippen LogP contribution in [0.1, 0.15) is 31.4 Å². The van der Waals surface area contributed by atoms with Crippen LogP contribution in [0.15, 0.2) is 12.5 Å². The van der Waals surface area contributed by atoms with Gasteiger partial charge in [-0.15, -0.1) is 0 Å². The molecule has 1 unspecified atom stereocenters. The molecule has 1 aromatic heterocycles. The fourth-order valence-corrected chi connectivity index (χ4v) is 1.09. The van der Waals surface area contributed by atoms with E-state index in [1.807, 2.05) is 6.20 Å². The molecule has 1 atom stereocenters. The van der Waals surface area contributed by atoms with Crippen LogP contribution in [0.5, 0.6) is 0 Å². The smallest absolute Gasteiger partial charge is 0.0921 e. The van der Waals surface area contributed by atoms with Crippen LogP contribution in [0.4, 0.5) is 0 Å². The monoisotopic (exact) mass is 154 g/mol. The number of nitrogens with zero attached hydrogens (tertiary/aromatic N) is 1. The Bertz CT molecular complexity index is 184. The van der Waals surface area contributed by atoms with E-state index in [0.29, 0.717) is 5.92 Å². The number of aliphatic hydroxyl groups excluding tert-OH is 1. The Morgan fingerprint density at radius 1 is 1.73 bits per heavy atom. The summed E-state index contributed by atoms with van der Waals surface area (Å²) in [6, 6.07) is 0. The maximum atomic E-state index is 8.59. The highest BCUT2D eigenvalue weighted by molar-refractivity contribution is 5.01. The van der Waals surface area contributed by atoms with Gasteiger partial charge in [0.2, 0.25) is 0 Å². The molecule has 62 valence electrons. The normalized spacial score (nSPS) is 13.3. The first-order chi connectivity index (χ1) is 5.34. The van der Waals surface area contributed by atoms with E-state index < -0.39 is 0 Å². The summed E-state index contributed by atoms with van der Waals surface area (Å²) in [7, 11) is 0. The summed E-state index contributed by atoms with van der Waals surface area (Å²) in [5.41, 5.74) is 1.15. The Kier molecular flexibility index (Phi) is 3.11. The summed E-state index contributed by atoms with van der Waals surface area (Å²) in [4.78, 5) is 6.99. The minimum Gasteiger partial charge on any atom is -0.396 e. The van der Waals surface area contributed by atoms with Gasteiger partial charge in [0.05, 0.1) is 6.33 Å². The van der Waals surface area contributed by atoms with Crippen molar-refractivity contribution in [3.05, 3.63) is 18.2 Å². The summed E-state index contributed by atoms with van der Waals surface area (Å²) in [6.45, 7) is 2.40.